The third-order valence-electron chi connectivity index (χ3n) is 1.20. The predicted molar refractivity (Wildman–Crippen MR) is 50.9 cm³/mol. The summed E-state index contributed by atoms with van der Waals surface area (Å²) < 4.78 is 0.591. The van der Waals surface area contributed by atoms with Crippen LogP contribution in [-0.4, -0.2) is 21.7 Å². The molecular weight excluding hydrogens is 196 g/mol. The van der Waals surface area contributed by atoms with E-state index in [1.54, 1.807) is 0 Å². The Labute approximate surface area is 78.5 Å². The van der Waals surface area contributed by atoms with E-state index in [4.69, 9.17) is 0 Å². The van der Waals surface area contributed by atoms with Crippen LogP contribution in [0.25, 0.3) is 0 Å². The first kappa shape index (κ1) is 9.60. The zero-order valence-electron chi connectivity index (χ0n) is 6.49. The second kappa shape index (κ2) is 4.51. The number of hydrazone groups is 1. The molecule has 0 aromatic rings. The lowest BCUT2D eigenvalue weighted by atomic mass is 10.3. The smallest absolute Gasteiger partial charge is 0.240 e. The summed E-state index contributed by atoms with van der Waals surface area (Å²) >= 11 is 2.43. The molecule has 1 aliphatic rings. The monoisotopic (exact) mass is 204 g/mol. The molecule has 66 valence electrons. The zero-order chi connectivity index (χ0) is 8.97. The maximum atomic E-state index is 11.0. The number of nitrogens with one attached hydrogen (secondary N) is 1. The SMILES string of the molecule is CS/C1=N/NC(=O)CCC(=O)S1. The summed E-state index contributed by atoms with van der Waals surface area (Å²) in [5.74, 6) is -0.199. The van der Waals surface area contributed by atoms with Gasteiger partial charge in [0, 0.05) is 12.8 Å². The lowest BCUT2D eigenvalue weighted by molar-refractivity contribution is -0.123. The highest BCUT2D eigenvalue weighted by Crippen LogP contribution is 2.18. The van der Waals surface area contributed by atoms with Crippen LogP contribution < -0.4 is 5.43 Å². The van der Waals surface area contributed by atoms with E-state index in [0.29, 0.717) is 4.38 Å². The van der Waals surface area contributed by atoms with Crippen LogP contribution in [0.3, 0.4) is 0 Å². The molecule has 0 aliphatic carbocycles. The van der Waals surface area contributed by atoms with Gasteiger partial charge in [-0.25, -0.2) is 5.43 Å². The van der Waals surface area contributed by atoms with Gasteiger partial charge in [-0.05, 0) is 18.0 Å². The molecular formula is C6H8N2O2S2. The molecule has 4 nitrogen and oxygen atoms in total. The Bertz CT molecular complexity index is 240. The summed E-state index contributed by atoms with van der Waals surface area (Å²) in [5.41, 5.74) is 2.36. The van der Waals surface area contributed by atoms with Crippen LogP contribution in [0.15, 0.2) is 5.10 Å². The Kier molecular flexibility index (Phi) is 3.61. The van der Waals surface area contributed by atoms with Gasteiger partial charge in [0.15, 0.2) is 9.49 Å². The predicted octanol–water partition coefficient (Wildman–Crippen LogP) is 0.790. The van der Waals surface area contributed by atoms with Gasteiger partial charge in [0.25, 0.3) is 0 Å². The van der Waals surface area contributed by atoms with Crippen molar-refractivity contribution in [3.8, 4) is 0 Å². The van der Waals surface area contributed by atoms with Crippen LogP contribution in [0.1, 0.15) is 12.8 Å². The summed E-state index contributed by atoms with van der Waals surface area (Å²) in [7, 11) is 0. The van der Waals surface area contributed by atoms with Gasteiger partial charge in [-0.2, -0.15) is 5.10 Å². The van der Waals surface area contributed by atoms with Crippen molar-refractivity contribution in [3.63, 3.8) is 0 Å². The summed E-state index contributed by atoms with van der Waals surface area (Å²) in [6.07, 6.45) is 2.33. The van der Waals surface area contributed by atoms with Crippen LogP contribution in [0, 0.1) is 0 Å². The number of rotatable bonds is 0. The van der Waals surface area contributed by atoms with Gasteiger partial charge in [-0.1, -0.05) is 0 Å². The van der Waals surface area contributed by atoms with Gasteiger partial charge in [-0.15, -0.1) is 11.8 Å². The van der Waals surface area contributed by atoms with Crippen molar-refractivity contribution >= 4 is 38.9 Å². The van der Waals surface area contributed by atoms with E-state index in [2.05, 4.69) is 10.5 Å². The summed E-state index contributed by atoms with van der Waals surface area (Å²) in [6.45, 7) is 0. The molecule has 1 rings (SSSR count). The van der Waals surface area contributed by atoms with E-state index < -0.39 is 0 Å². The zero-order valence-corrected chi connectivity index (χ0v) is 8.13. The van der Waals surface area contributed by atoms with E-state index in [1.807, 2.05) is 6.26 Å². The molecule has 0 fully saturated rings. The van der Waals surface area contributed by atoms with E-state index >= 15 is 0 Å². The first-order chi connectivity index (χ1) is 5.72. The maximum Gasteiger partial charge on any atom is 0.240 e. The highest BCUT2D eigenvalue weighted by atomic mass is 32.2. The fourth-order valence-electron chi connectivity index (χ4n) is 0.638. The van der Waals surface area contributed by atoms with Gasteiger partial charge < -0.3 is 0 Å². The van der Waals surface area contributed by atoms with Crippen LogP contribution in [0.4, 0.5) is 0 Å². The number of carbonyl (C=O) groups excluding carboxylic acids is 2. The van der Waals surface area contributed by atoms with Crippen molar-refractivity contribution in [3.05, 3.63) is 0 Å². The van der Waals surface area contributed by atoms with Crippen LogP contribution in [0.2, 0.25) is 0 Å². The summed E-state index contributed by atoms with van der Waals surface area (Å²) in [4.78, 5) is 21.9. The molecule has 1 aliphatic heterocycles. The minimum atomic E-state index is -0.199. The number of hydrogen-bond acceptors (Lipinski definition) is 5. The molecule has 0 spiro atoms. The van der Waals surface area contributed by atoms with Gasteiger partial charge in [0.2, 0.25) is 5.91 Å². The Morgan fingerprint density at radius 1 is 1.50 bits per heavy atom. The van der Waals surface area contributed by atoms with Crippen LogP contribution in [0.5, 0.6) is 0 Å². The summed E-state index contributed by atoms with van der Waals surface area (Å²) in [5, 5.41) is 3.75. The van der Waals surface area contributed by atoms with Crippen LogP contribution >= 0.6 is 23.5 Å². The molecule has 0 aromatic carbocycles. The van der Waals surface area contributed by atoms with E-state index in [9.17, 15) is 9.59 Å². The molecule has 0 aromatic heterocycles. The second-order valence-electron chi connectivity index (χ2n) is 2.09. The lowest BCUT2D eigenvalue weighted by Crippen LogP contribution is -2.21. The van der Waals surface area contributed by atoms with Gasteiger partial charge >= 0.3 is 0 Å². The van der Waals surface area contributed by atoms with Gasteiger partial charge in [0.1, 0.15) is 0 Å². The average molecular weight is 204 g/mol. The highest BCUT2D eigenvalue weighted by Gasteiger charge is 2.14. The minimum Gasteiger partial charge on any atom is -0.287 e. The van der Waals surface area contributed by atoms with Crippen molar-refractivity contribution in [2.24, 2.45) is 5.10 Å². The van der Waals surface area contributed by atoms with Crippen molar-refractivity contribution in [2.75, 3.05) is 6.26 Å². The van der Waals surface area contributed by atoms with E-state index in [-0.39, 0.29) is 23.9 Å². The molecule has 12 heavy (non-hydrogen) atoms. The van der Waals surface area contributed by atoms with E-state index in [1.165, 1.54) is 11.8 Å². The van der Waals surface area contributed by atoms with E-state index in [0.717, 1.165) is 11.8 Å². The third kappa shape index (κ3) is 2.86. The fourth-order valence-corrected chi connectivity index (χ4v) is 1.88. The third-order valence-corrected chi connectivity index (χ3v) is 3.09. The molecule has 1 heterocycles. The van der Waals surface area contributed by atoms with Crippen molar-refractivity contribution in [2.45, 2.75) is 12.8 Å². The van der Waals surface area contributed by atoms with Crippen molar-refractivity contribution in [1.29, 1.82) is 0 Å². The molecule has 0 atom stereocenters. The normalized spacial score (nSPS) is 23.6. The van der Waals surface area contributed by atoms with Crippen molar-refractivity contribution in [1.82, 2.24) is 5.43 Å². The molecule has 0 saturated heterocycles. The molecule has 0 unspecified atom stereocenters. The minimum absolute atomic E-state index is 0.00190. The largest absolute Gasteiger partial charge is 0.287 e. The number of nitrogens with zero attached hydrogens (tertiary/aromatic N) is 1. The average Bonchev–Trinajstić information content (AvgIpc) is 2.06. The second-order valence-corrected chi connectivity index (χ2v) is 4.19. The van der Waals surface area contributed by atoms with Gasteiger partial charge in [-0.3, -0.25) is 9.59 Å². The Morgan fingerprint density at radius 3 is 2.92 bits per heavy atom. The Balaban J connectivity index is 2.67. The Hall–Kier alpha value is -0.490. The molecule has 0 bridgehead atoms. The molecule has 6 heteroatoms. The van der Waals surface area contributed by atoms with Gasteiger partial charge in [0.05, 0.1) is 0 Å². The maximum absolute atomic E-state index is 11.0. The van der Waals surface area contributed by atoms with Crippen molar-refractivity contribution < 1.29 is 9.59 Å². The number of amides is 1. The standard InChI is InChI=1S/C6H8N2O2S2/c1-11-6-8-7-4(9)2-3-5(10)12-6/h2-3H2,1H3,(H,7,9)/b8-6-. The van der Waals surface area contributed by atoms with Crippen LogP contribution in [-0.2, 0) is 9.59 Å². The lowest BCUT2D eigenvalue weighted by Gasteiger charge is -2.06. The topological polar surface area (TPSA) is 58.5 Å². The first-order valence-corrected chi connectivity index (χ1v) is 5.37. The fraction of sp³-hybridized carbons (Fsp3) is 0.500. The highest BCUT2D eigenvalue weighted by molar-refractivity contribution is 8.44. The Morgan fingerprint density at radius 2 is 2.25 bits per heavy atom. The molecule has 1 N–H and O–H groups in total. The number of thioether (sulfide) groups is 2. The number of hydrogen-bond donors (Lipinski definition) is 1. The number of carbonyl (C=O) groups is 2. The first-order valence-electron chi connectivity index (χ1n) is 3.33. The quantitative estimate of drug-likeness (QED) is 0.634. The molecule has 0 saturated carbocycles. The summed E-state index contributed by atoms with van der Waals surface area (Å²) in [6, 6.07) is 0. The molecule has 0 radical (unpaired) electrons. The molecule has 1 amide bonds.